The molecule has 0 spiro atoms. The molecule has 0 radical (unpaired) electrons. The topological polar surface area (TPSA) is 35.2 Å². The van der Waals surface area contributed by atoms with E-state index in [0.717, 1.165) is 6.07 Å². The molecular weight excluding hydrogens is 347 g/mol. The van der Waals surface area contributed by atoms with Crippen molar-refractivity contribution >= 4 is 15.9 Å². The van der Waals surface area contributed by atoms with Gasteiger partial charge in [0.05, 0.1) is 18.7 Å². The van der Waals surface area contributed by atoms with Gasteiger partial charge in [-0.3, -0.25) is 0 Å². The van der Waals surface area contributed by atoms with Gasteiger partial charge >= 0.3 is 6.18 Å². The third-order valence-corrected chi connectivity index (χ3v) is 3.82. The molecule has 0 bridgehead atoms. The van der Waals surface area contributed by atoms with E-state index in [4.69, 9.17) is 10.5 Å². The van der Waals surface area contributed by atoms with Crippen LogP contribution in [0.25, 0.3) is 0 Å². The molecule has 0 aliphatic heterocycles. The maximum atomic E-state index is 12.9. The van der Waals surface area contributed by atoms with Crippen LogP contribution >= 0.6 is 15.9 Å². The first-order valence-electron chi connectivity index (χ1n) is 6.09. The SMILES string of the molecule is COc1ccc(C(N)c2ccc(Br)c(C(F)(F)F)c2)cc1. The monoisotopic (exact) mass is 359 g/mol. The Bertz CT molecular complexity index is 626. The van der Waals surface area contributed by atoms with Crippen LogP contribution in [-0.2, 0) is 6.18 Å². The first-order valence-corrected chi connectivity index (χ1v) is 6.88. The molecule has 0 saturated heterocycles. The summed E-state index contributed by atoms with van der Waals surface area (Å²) in [5, 5.41) is 0. The maximum absolute atomic E-state index is 12.9. The number of ether oxygens (including phenoxy) is 1. The van der Waals surface area contributed by atoms with Crippen LogP contribution in [0.5, 0.6) is 5.75 Å². The number of nitrogens with two attached hydrogens (primary N) is 1. The highest BCUT2D eigenvalue weighted by Gasteiger charge is 2.33. The van der Waals surface area contributed by atoms with Gasteiger partial charge < -0.3 is 10.5 Å². The molecule has 0 fully saturated rings. The Morgan fingerprint density at radius 1 is 1.05 bits per heavy atom. The van der Waals surface area contributed by atoms with Gasteiger partial charge in [0.25, 0.3) is 0 Å². The number of rotatable bonds is 3. The van der Waals surface area contributed by atoms with E-state index in [0.29, 0.717) is 16.9 Å². The highest BCUT2D eigenvalue weighted by Crippen LogP contribution is 2.36. The summed E-state index contributed by atoms with van der Waals surface area (Å²) >= 11 is 2.91. The molecule has 112 valence electrons. The van der Waals surface area contributed by atoms with E-state index in [1.54, 1.807) is 37.4 Å². The first kappa shape index (κ1) is 15.9. The first-order chi connectivity index (χ1) is 9.82. The van der Waals surface area contributed by atoms with Crippen molar-refractivity contribution in [3.63, 3.8) is 0 Å². The summed E-state index contributed by atoms with van der Waals surface area (Å²) in [6, 6.07) is 10.3. The molecule has 0 amide bonds. The van der Waals surface area contributed by atoms with Gasteiger partial charge in [-0.1, -0.05) is 34.1 Å². The smallest absolute Gasteiger partial charge is 0.417 e. The second-order valence-electron chi connectivity index (χ2n) is 4.49. The summed E-state index contributed by atoms with van der Waals surface area (Å²) in [5.41, 5.74) is 6.43. The quantitative estimate of drug-likeness (QED) is 0.873. The lowest BCUT2D eigenvalue weighted by Gasteiger charge is -2.16. The highest BCUT2D eigenvalue weighted by atomic mass is 79.9. The van der Waals surface area contributed by atoms with E-state index in [1.165, 1.54) is 6.07 Å². The Hall–Kier alpha value is -1.53. The number of benzene rings is 2. The molecule has 0 aliphatic carbocycles. The zero-order valence-corrected chi connectivity index (χ0v) is 12.7. The molecule has 2 nitrogen and oxygen atoms in total. The van der Waals surface area contributed by atoms with Crippen molar-refractivity contribution in [3.05, 3.63) is 63.6 Å². The van der Waals surface area contributed by atoms with Crippen LogP contribution in [0.2, 0.25) is 0 Å². The van der Waals surface area contributed by atoms with E-state index in [-0.39, 0.29) is 4.47 Å². The molecule has 0 aromatic heterocycles. The molecule has 2 aromatic carbocycles. The van der Waals surface area contributed by atoms with Gasteiger partial charge in [-0.25, -0.2) is 0 Å². The van der Waals surface area contributed by atoms with Crippen LogP contribution in [0.3, 0.4) is 0 Å². The lowest BCUT2D eigenvalue weighted by molar-refractivity contribution is -0.138. The van der Waals surface area contributed by atoms with Crippen LogP contribution in [0.4, 0.5) is 13.2 Å². The summed E-state index contributed by atoms with van der Waals surface area (Å²) in [7, 11) is 1.54. The fourth-order valence-electron chi connectivity index (χ4n) is 1.96. The van der Waals surface area contributed by atoms with Gasteiger partial charge in [-0.05, 0) is 35.4 Å². The van der Waals surface area contributed by atoms with Crippen LogP contribution < -0.4 is 10.5 Å². The maximum Gasteiger partial charge on any atom is 0.417 e. The molecule has 0 heterocycles. The van der Waals surface area contributed by atoms with Crippen molar-refractivity contribution in [3.8, 4) is 5.75 Å². The molecule has 21 heavy (non-hydrogen) atoms. The summed E-state index contributed by atoms with van der Waals surface area (Å²) in [4.78, 5) is 0. The number of alkyl halides is 3. The molecule has 0 aliphatic rings. The lowest BCUT2D eigenvalue weighted by atomic mass is 9.98. The molecule has 2 aromatic rings. The van der Waals surface area contributed by atoms with Gasteiger partial charge in [0.15, 0.2) is 0 Å². The number of hydrogen-bond acceptors (Lipinski definition) is 2. The van der Waals surface area contributed by atoms with Gasteiger partial charge in [0.2, 0.25) is 0 Å². The minimum absolute atomic E-state index is 0.000630. The molecule has 1 atom stereocenters. The zero-order valence-electron chi connectivity index (χ0n) is 11.1. The van der Waals surface area contributed by atoms with Crippen LogP contribution in [0, 0.1) is 0 Å². The standard InChI is InChI=1S/C15H13BrF3NO/c1-21-11-5-2-9(3-6-11)14(20)10-4-7-13(16)12(8-10)15(17,18)19/h2-8,14H,20H2,1H3. The van der Waals surface area contributed by atoms with Gasteiger partial charge in [-0.15, -0.1) is 0 Å². The molecule has 0 saturated carbocycles. The average Bonchev–Trinajstić information content (AvgIpc) is 2.46. The van der Waals surface area contributed by atoms with Gasteiger partial charge in [-0.2, -0.15) is 13.2 Å². The number of methoxy groups -OCH3 is 1. The van der Waals surface area contributed by atoms with Crippen LogP contribution in [0.15, 0.2) is 46.9 Å². The summed E-state index contributed by atoms with van der Waals surface area (Å²) in [5.74, 6) is 0.665. The largest absolute Gasteiger partial charge is 0.497 e. The normalized spacial score (nSPS) is 13.0. The Balaban J connectivity index is 2.36. The fourth-order valence-corrected chi connectivity index (χ4v) is 2.43. The number of halogens is 4. The Morgan fingerprint density at radius 3 is 2.14 bits per heavy atom. The Labute approximate surface area is 128 Å². The highest BCUT2D eigenvalue weighted by molar-refractivity contribution is 9.10. The second-order valence-corrected chi connectivity index (χ2v) is 5.34. The second kappa shape index (κ2) is 6.07. The molecule has 2 N–H and O–H groups in total. The van der Waals surface area contributed by atoms with E-state index >= 15 is 0 Å². The lowest BCUT2D eigenvalue weighted by Crippen LogP contribution is -2.14. The van der Waals surface area contributed by atoms with E-state index in [1.807, 2.05) is 0 Å². The fraction of sp³-hybridized carbons (Fsp3) is 0.200. The van der Waals surface area contributed by atoms with Crippen molar-refractivity contribution in [1.82, 2.24) is 0 Å². The van der Waals surface area contributed by atoms with Gasteiger partial charge in [0, 0.05) is 4.47 Å². The third-order valence-electron chi connectivity index (χ3n) is 3.13. The summed E-state index contributed by atoms with van der Waals surface area (Å²) < 4.78 is 43.8. The average molecular weight is 360 g/mol. The third kappa shape index (κ3) is 3.57. The minimum atomic E-state index is -4.42. The summed E-state index contributed by atoms with van der Waals surface area (Å²) in [6.07, 6.45) is -4.42. The Kier molecular flexibility index (Phi) is 4.58. The zero-order chi connectivity index (χ0) is 15.6. The molecule has 6 heteroatoms. The van der Waals surface area contributed by atoms with Crippen molar-refractivity contribution in [2.75, 3.05) is 7.11 Å². The molecular formula is C15H13BrF3NO. The summed E-state index contributed by atoms with van der Waals surface area (Å²) in [6.45, 7) is 0. The van der Waals surface area contributed by atoms with Crippen molar-refractivity contribution in [2.24, 2.45) is 5.73 Å². The van der Waals surface area contributed by atoms with Crippen molar-refractivity contribution in [2.45, 2.75) is 12.2 Å². The number of hydrogen-bond donors (Lipinski definition) is 1. The van der Waals surface area contributed by atoms with Gasteiger partial charge in [0.1, 0.15) is 5.75 Å². The van der Waals surface area contributed by atoms with E-state index < -0.39 is 17.8 Å². The molecule has 2 rings (SSSR count). The van der Waals surface area contributed by atoms with E-state index in [2.05, 4.69) is 15.9 Å². The van der Waals surface area contributed by atoms with Crippen molar-refractivity contribution < 1.29 is 17.9 Å². The van der Waals surface area contributed by atoms with Crippen LogP contribution in [0.1, 0.15) is 22.7 Å². The predicted molar refractivity (Wildman–Crippen MR) is 78.2 cm³/mol. The van der Waals surface area contributed by atoms with E-state index in [9.17, 15) is 13.2 Å². The predicted octanol–water partition coefficient (Wildman–Crippen LogP) is 4.52. The van der Waals surface area contributed by atoms with Crippen LogP contribution in [-0.4, -0.2) is 7.11 Å². The Morgan fingerprint density at radius 2 is 1.62 bits per heavy atom. The molecule has 1 unspecified atom stereocenters. The van der Waals surface area contributed by atoms with Crippen molar-refractivity contribution in [1.29, 1.82) is 0 Å². The minimum Gasteiger partial charge on any atom is -0.497 e.